The number of hydrogen-bond donors (Lipinski definition) is 2. The van der Waals surface area contributed by atoms with Crippen molar-refractivity contribution in [1.29, 1.82) is 0 Å². The summed E-state index contributed by atoms with van der Waals surface area (Å²) >= 11 is 0. The molecular weight excluding hydrogens is 396 g/mol. The van der Waals surface area contributed by atoms with E-state index < -0.39 is 29.2 Å². The summed E-state index contributed by atoms with van der Waals surface area (Å²) in [6.45, 7) is 3.42. The second-order valence-electron chi connectivity index (χ2n) is 7.72. The zero-order valence-electron chi connectivity index (χ0n) is 16.3. The molecule has 0 aliphatic carbocycles. The number of carbonyl (C=O) groups is 1. The van der Waals surface area contributed by atoms with Gasteiger partial charge >= 0.3 is 0 Å². The SMILES string of the molecule is CC(C)(O)CCc1cc2cc3c(cn2n1)c(=O)[nH]n3C(=O)c1cccc(C(F)F)n1. The summed E-state index contributed by atoms with van der Waals surface area (Å²) in [7, 11) is 0. The van der Waals surface area contributed by atoms with Crippen molar-refractivity contribution in [2.24, 2.45) is 0 Å². The van der Waals surface area contributed by atoms with E-state index in [9.17, 15) is 23.5 Å². The van der Waals surface area contributed by atoms with Gasteiger partial charge in [0.05, 0.1) is 27.7 Å². The Bertz CT molecular complexity index is 1310. The minimum absolute atomic E-state index is 0.208. The zero-order valence-corrected chi connectivity index (χ0v) is 16.3. The second kappa shape index (κ2) is 7.13. The van der Waals surface area contributed by atoms with Crippen LogP contribution in [0.3, 0.4) is 0 Å². The maximum absolute atomic E-state index is 12.9. The molecule has 2 N–H and O–H groups in total. The van der Waals surface area contributed by atoms with Crippen molar-refractivity contribution < 1.29 is 18.7 Å². The molecule has 30 heavy (non-hydrogen) atoms. The van der Waals surface area contributed by atoms with Crippen LogP contribution >= 0.6 is 0 Å². The summed E-state index contributed by atoms with van der Waals surface area (Å²) in [4.78, 5) is 28.9. The van der Waals surface area contributed by atoms with E-state index in [0.29, 0.717) is 18.4 Å². The number of hydrogen-bond acceptors (Lipinski definition) is 5. The molecule has 0 radical (unpaired) electrons. The number of alkyl halides is 2. The van der Waals surface area contributed by atoms with E-state index in [2.05, 4.69) is 15.2 Å². The Kier molecular flexibility index (Phi) is 4.73. The highest BCUT2D eigenvalue weighted by molar-refractivity contribution is 6.00. The van der Waals surface area contributed by atoms with Crippen LogP contribution in [0.1, 0.15) is 48.6 Å². The number of H-pyrrole nitrogens is 1. The number of aromatic nitrogens is 5. The molecule has 0 aliphatic heterocycles. The molecule has 0 spiro atoms. The molecule has 0 amide bonds. The molecule has 4 aromatic rings. The van der Waals surface area contributed by atoms with Crippen LogP contribution in [-0.2, 0) is 6.42 Å². The predicted molar refractivity (Wildman–Crippen MR) is 105 cm³/mol. The largest absolute Gasteiger partial charge is 0.390 e. The van der Waals surface area contributed by atoms with Gasteiger partial charge in [-0.1, -0.05) is 6.07 Å². The van der Waals surface area contributed by atoms with E-state index in [-0.39, 0.29) is 16.6 Å². The average molecular weight is 415 g/mol. The molecule has 0 aliphatic rings. The summed E-state index contributed by atoms with van der Waals surface area (Å²) in [6.07, 6.45) is -0.265. The van der Waals surface area contributed by atoms with E-state index in [0.717, 1.165) is 16.4 Å². The van der Waals surface area contributed by atoms with Crippen LogP contribution in [0.5, 0.6) is 0 Å². The summed E-state index contributed by atoms with van der Waals surface area (Å²) in [5.41, 5.74) is -0.419. The third-order valence-corrected chi connectivity index (χ3v) is 4.74. The first kappa shape index (κ1) is 19.9. The fourth-order valence-corrected chi connectivity index (χ4v) is 3.18. The third kappa shape index (κ3) is 3.73. The Balaban J connectivity index is 1.76. The third-order valence-electron chi connectivity index (χ3n) is 4.74. The minimum Gasteiger partial charge on any atom is -0.390 e. The normalized spacial score (nSPS) is 12.3. The number of fused-ring (bicyclic) bond motifs is 2. The number of halogens is 2. The van der Waals surface area contributed by atoms with Gasteiger partial charge in [0.25, 0.3) is 17.9 Å². The van der Waals surface area contributed by atoms with Crippen LogP contribution in [0.15, 0.2) is 41.3 Å². The molecule has 4 aromatic heterocycles. The number of pyridine rings is 2. The van der Waals surface area contributed by atoms with Gasteiger partial charge in [-0.2, -0.15) is 5.10 Å². The van der Waals surface area contributed by atoms with E-state index in [4.69, 9.17) is 0 Å². The lowest BCUT2D eigenvalue weighted by Crippen LogP contribution is -2.19. The van der Waals surface area contributed by atoms with E-state index in [1.807, 2.05) is 0 Å². The van der Waals surface area contributed by atoms with Crippen molar-refractivity contribution in [2.45, 2.75) is 38.7 Å². The molecule has 10 heteroatoms. The maximum atomic E-state index is 12.9. The molecule has 0 saturated carbocycles. The lowest BCUT2D eigenvalue weighted by molar-refractivity contribution is 0.0711. The molecule has 0 aromatic carbocycles. The number of aromatic amines is 1. The molecule has 0 saturated heterocycles. The number of nitrogens with zero attached hydrogens (tertiary/aromatic N) is 4. The van der Waals surface area contributed by atoms with Gasteiger partial charge in [-0.15, -0.1) is 0 Å². The smallest absolute Gasteiger partial charge is 0.295 e. The molecule has 0 fully saturated rings. The highest BCUT2D eigenvalue weighted by atomic mass is 19.3. The fourth-order valence-electron chi connectivity index (χ4n) is 3.18. The lowest BCUT2D eigenvalue weighted by Gasteiger charge is -2.15. The van der Waals surface area contributed by atoms with Crippen LogP contribution in [0.25, 0.3) is 16.4 Å². The highest BCUT2D eigenvalue weighted by Gasteiger charge is 2.20. The number of carbonyl (C=O) groups excluding carboxylic acids is 1. The maximum Gasteiger partial charge on any atom is 0.295 e. The summed E-state index contributed by atoms with van der Waals surface area (Å²) in [5, 5.41) is 17.0. The molecule has 0 unspecified atom stereocenters. The predicted octanol–water partition coefficient (Wildman–Crippen LogP) is 2.70. The zero-order chi connectivity index (χ0) is 21.6. The van der Waals surface area contributed by atoms with E-state index >= 15 is 0 Å². The quantitative estimate of drug-likeness (QED) is 0.521. The van der Waals surface area contributed by atoms with Gasteiger partial charge in [-0.25, -0.2) is 23.0 Å². The first-order valence-corrected chi connectivity index (χ1v) is 9.27. The Morgan fingerprint density at radius 1 is 1.30 bits per heavy atom. The minimum atomic E-state index is -2.81. The number of aliphatic hydroxyl groups is 1. The molecule has 8 nitrogen and oxygen atoms in total. The summed E-state index contributed by atoms with van der Waals surface area (Å²) in [5.74, 6) is -0.726. The van der Waals surface area contributed by atoms with Gasteiger partial charge in [0.15, 0.2) is 0 Å². The van der Waals surface area contributed by atoms with Crippen molar-refractivity contribution in [3.8, 4) is 0 Å². The molecule has 156 valence electrons. The molecular formula is C20H19F2N5O3. The van der Waals surface area contributed by atoms with Crippen LogP contribution in [0.4, 0.5) is 8.78 Å². The van der Waals surface area contributed by atoms with Crippen LogP contribution in [0, 0.1) is 0 Å². The molecule has 0 atom stereocenters. The van der Waals surface area contributed by atoms with Gasteiger partial charge in [0.1, 0.15) is 11.4 Å². The van der Waals surface area contributed by atoms with E-state index in [1.54, 1.807) is 26.0 Å². The Labute approximate surface area is 168 Å². The molecule has 0 bridgehead atoms. The van der Waals surface area contributed by atoms with Crippen molar-refractivity contribution in [3.05, 3.63) is 64.0 Å². The van der Waals surface area contributed by atoms with Gasteiger partial charge in [0.2, 0.25) is 0 Å². The summed E-state index contributed by atoms with van der Waals surface area (Å²) < 4.78 is 28.4. The van der Waals surface area contributed by atoms with Gasteiger partial charge in [0, 0.05) is 6.20 Å². The van der Waals surface area contributed by atoms with Gasteiger partial charge < -0.3 is 5.11 Å². The first-order valence-electron chi connectivity index (χ1n) is 9.27. The Morgan fingerprint density at radius 2 is 2.07 bits per heavy atom. The van der Waals surface area contributed by atoms with Crippen LogP contribution in [0.2, 0.25) is 0 Å². The van der Waals surface area contributed by atoms with Crippen molar-refractivity contribution in [3.63, 3.8) is 0 Å². The summed E-state index contributed by atoms with van der Waals surface area (Å²) in [6, 6.07) is 7.17. The van der Waals surface area contributed by atoms with Crippen LogP contribution < -0.4 is 5.56 Å². The molecule has 4 rings (SSSR count). The first-order chi connectivity index (χ1) is 14.1. The average Bonchev–Trinajstić information content (AvgIpc) is 3.24. The highest BCUT2D eigenvalue weighted by Crippen LogP contribution is 2.20. The van der Waals surface area contributed by atoms with Crippen molar-refractivity contribution in [2.75, 3.05) is 0 Å². The number of aryl methyl sites for hydroxylation is 1. The van der Waals surface area contributed by atoms with Crippen LogP contribution in [-0.4, -0.2) is 41.0 Å². The monoisotopic (exact) mass is 415 g/mol. The van der Waals surface area contributed by atoms with Crippen molar-refractivity contribution in [1.82, 2.24) is 24.4 Å². The Morgan fingerprint density at radius 3 is 2.77 bits per heavy atom. The second-order valence-corrected chi connectivity index (χ2v) is 7.72. The van der Waals surface area contributed by atoms with Gasteiger partial charge in [-0.3, -0.25) is 14.7 Å². The van der Waals surface area contributed by atoms with Gasteiger partial charge in [-0.05, 0) is 51.0 Å². The lowest BCUT2D eigenvalue weighted by atomic mass is 10.0. The van der Waals surface area contributed by atoms with Crippen molar-refractivity contribution >= 4 is 22.3 Å². The fraction of sp³-hybridized carbons (Fsp3) is 0.300. The number of nitrogens with one attached hydrogen (secondary N) is 1. The Hall–Kier alpha value is -3.40. The topological polar surface area (TPSA) is 105 Å². The standard InChI is InChI=1S/C20H19F2N5O3/c1-20(2,30)7-6-11-8-12-9-16-13(10-26(12)24-11)18(28)25-27(16)19(29)15-5-3-4-14(23-15)17(21)22/h3-5,8-10,17,30H,6-7H2,1-2H3,(H,25,28). The van der Waals surface area contributed by atoms with E-state index in [1.165, 1.54) is 22.8 Å². The molecule has 4 heterocycles. The number of rotatable bonds is 5.